The van der Waals surface area contributed by atoms with E-state index < -0.39 is 0 Å². The summed E-state index contributed by atoms with van der Waals surface area (Å²) in [7, 11) is 1.66. The zero-order chi connectivity index (χ0) is 12.3. The first-order valence-corrected chi connectivity index (χ1v) is 6.38. The van der Waals surface area contributed by atoms with Gasteiger partial charge >= 0.3 is 0 Å². The van der Waals surface area contributed by atoms with Crippen molar-refractivity contribution in [3.63, 3.8) is 0 Å². The summed E-state index contributed by atoms with van der Waals surface area (Å²) >= 11 is 0. The Balaban J connectivity index is 2.27. The molecule has 3 nitrogen and oxygen atoms in total. The monoisotopic (exact) mass is 235 g/mol. The molecular formula is C14H21NO2. The zero-order valence-electron chi connectivity index (χ0n) is 10.8. The van der Waals surface area contributed by atoms with Crippen LogP contribution in [0.3, 0.4) is 0 Å². The van der Waals surface area contributed by atoms with Crippen LogP contribution >= 0.6 is 0 Å². The predicted octanol–water partition coefficient (Wildman–Crippen LogP) is 3.00. The zero-order valence-corrected chi connectivity index (χ0v) is 10.8. The lowest BCUT2D eigenvalue weighted by Gasteiger charge is -2.18. The molecule has 17 heavy (non-hydrogen) atoms. The fraction of sp³-hybridized carbons (Fsp3) is 0.571. The van der Waals surface area contributed by atoms with E-state index >= 15 is 0 Å². The molecule has 1 N–H and O–H groups in total. The van der Waals surface area contributed by atoms with Gasteiger partial charge < -0.3 is 9.57 Å². The number of hydrogen-bond acceptors (Lipinski definition) is 3. The predicted molar refractivity (Wildman–Crippen MR) is 68.0 cm³/mol. The van der Waals surface area contributed by atoms with Gasteiger partial charge in [0.1, 0.15) is 11.9 Å². The molecule has 0 spiro atoms. The molecule has 1 heterocycles. The molecule has 2 unspecified atom stereocenters. The van der Waals surface area contributed by atoms with Gasteiger partial charge in [-0.05, 0) is 24.5 Å². The molecule has 0 aromatic heterocycles. The highest BCUT2D eigenvalue weighted by Crippen LogP contribution is 2.38. The van der Waals surface area contributed by atoms with Crippen molar-refractivity contribution in [2.45, 2.75) is 45.3 Å². The average Bonchev–Trinajstić information content (AvgIpc) is 2.68. The van der Waals surface area contributed by atoms with Crippen LogP contribution in [0.2, 0.25) is 0 Å². The van der Waals surface area contributed by atoms with Crippen molar-refractivity contribution in [3.8, 4) is 5.75 Å². The molecule has 3 heteroatoms. The van der Waals surface area contributed by atoms with Gasteiger partial charge in [0.25, 0.3) is 0 Å². The molecular weight excluding hydrogens is 214 g/mol. The van der Waals surface area contributed by atoms with Gasteiger partial charge in [0.15, 0.2) is 0 Å². The van der Waals surface area contributed by atoms with E-state index in [2.05, 4.69) is 37.5 Å². The number of nitrogens with one attached hydrogen (secondary N) is 1. The van der Waals surface area contributed by atoms with E-state index in [0.717, 1.165) is 25.0 Å². The summed E-state index contributed by atoms with van der Waals surface area (Å²) in [5, 5.41) is 0. The lowest BCUT2D eigenvalue weighted by molar-refractivity contribution is 0.0269. The Morgan fingerprint density at radius 3 is 2.82 bits per heavy atom. The lowest BCUT2D eigenvalue weighted by Crippen LogP contribution is -2.30. The van der Waals surface area contributed by atoms with E-state index in [0.29, 0.717) is 0 Å². The molecule has 0 saturated carbocycles. The molecule has 2 rings (SSSR count). The Kier molecular flexibility index (Phi) is 4.02. The number of aryl methyl sites for hydroxylation is 1. The Morgan fingerprint density at radius 1 is 1.35 bits per heavy atom. The number of hydrogen-bond donors (Lipinski definition) is 1. The largest absolute Gasteiger partial charge is 0.488 e. The minimum atomic E-state index is 0.154. The molecule has 0 aliphatic carbocycles. The Bertz CT molecular complexity index is 378. The molecule has 1 aromatic carbocycles. The van der Waals surface area contributed by atoms with Crippen LogP contribution in [-0.2, 0) is 11.3 Å². The summed E-state index contributed by atoms with van der Waals surface area (Å²) < 4.78 is 5.97. The van der Waals surface area contributed by atoms with Crippen LogP contribution in [0, 0.1) is 0 Å². The summed E-state index contributed by atoms with van der Waals surface area (Å²) in [6.45, 7) is 4.34. The van der Waals surface area contributed by atoms with Crippen molar-refractivity contribution in [2.75, 3.05) is 7.11 Å². The molecule has 0 bridgehead atoms. The summed E-state index contributed by atoms with van der Waals surface area (Å²) in [5.74, 6) is 0.996. The van der Waals surface area contributed by atoms with E-state index in [1.54, 1.807) is 7.11 Å². The normalized spacial score (nSPS) is 22.3. The van der Waals surface area contributed by atoms with Crippen molar-refractivity contribution < 1.29 is 9.57 Å². The third-order valence-corrected chi connectivity index (χ3v) is 3.29. The first kappa shape index (κ1) is 12.4. The molecule has 2 atom stereocenters. The number of fused-ring (bicyclic) bond motifs is 1. The van der Waals surface area contributed by atoms with Gasteiger partial charge in [-0.15, -0.1) is 0 Å². The summed E-state index contributed by atoms with van der Waals surface area (Å²) in [4.78, 5) is 5.10. The van der Waals surface area contributed by atoms with Crippen molar-refractivity contribution in [3.05, 3.63) is 29.3 Å². The number of benzene rings is 1. The molecule has 1 aromatic rings. The Labute approximate surface area is 103 Å². The lowest BCUT2D eigenvalue weighted by atomic mass is 9.99. The number of rotatable bonds is 5. The minimum absolute atomic E-state index is 0.154. The highest BCUT2D eigenvalue weighted by Gasteiger charge is 2.33. The van der Waals surface area contributed by atoms with Crippen LogP contribution in [-0.4, -0.2) is 13.2 Å². The third-order valence-electron chi connectivity index (χ3n) is 3.29. The van der Waals surface area contributed by atoms with Crippen LogP contribution in [0.1, 0.15) is 43.9 Å². The van der Waals surface area contributed by atoms with Crippen LogP contribution in [0.4, 0.5) is 0 Å². The fourth-order valence-electron chi connectivity index (χ4n) is 2.38. The van der Waals surface area contributed by atoms with E-state index in [1.807, 2.05) is 0 Å². The minimum Gasteiger partial charge on any atom is -0.488 e. The Hall–Kier alpha value is -1.06. The number of hydroxylamine groups is 1. The maximum Gasteiger partial charge on any atom is 0.124 e. The second-order valence-electron chi connectivity index (χ2n) is 4.47. The summed E-state index contributed by atoms with van der Waals surface area (Å²) in [6.07, 6.45) is 3.38. The van der Waals surface area contributed by atoms with Crippen molar-refractivity contribution in [1.29, 1.82) is 0 Å². The van der Waals surface area contributed by atoms with Gasteiger partial charge in [-0.2, -0.15) is 5.48 Å². The van der Waals surface area contributed by atoms with E-state index in [9.17, 15) is 0 Å². The molecule has 94 valence electrons. The molecule has 1 aliphatic rings. The quantitative estimate of drug-likeness (QED) is 0.796. The Morgan fingerprint density at radius 2 is 2.18 bits per heavy atom. The van der Waals surface area contributed by atoms with Gasteiger partial charge in [-0.25, -0.2) is 0 Å². The average molecular weight is 235 g/mol. The highest BCUT2D eigenvalue weighted by atomic mass is 16.6. The van der Waals surface area contributed by atoms with Gasteiger partial charge in [0.2, 0.25) is 0 Å². The second kappa shape index (κ2) is 5.52. The topological polar surface area (TPSA) is 30.5 Å². The standard InChI is InChI=1S/C14H21NO2/c1-4-6-13-14(15-16-3)11-9-10(5-2)7-8-12(11)17-13/h7-9,13-15H,4-6H2,1-3H3. The van der Waals surface area contributed by atoms with Gasteiger partial charge in [-0.3, -0.25) is 0 Å². The smallest absolute Gasteiger partial charge is 0.124 e. The molecule has 0 fully saturated rings. The maximum absolute atomic E-state index is 5.97. The third kappa shape index (κ3) is 2.45. The van der Waals surface area contributed by atoms with Crippen LogP contribution in [0.25, 0.3) is 0 Å². The fourth-order valence-corrected chi connectivity index (χ4v) is 2.38. The van der Waals surface area contributed by atoms with Crippen LogP contribution in [0.15, 0.2) is 18.2 Å². The number of ether oxygens (including phenoxy) is 1. The molecule has 0 saturated heterocycles. The van der Waals surface area contributed by atoms with Crippen LogP contribution in [0.5, 0.6) is 5.75 Å². The van der Waals surface area contributed by atoms with E-state index in [-0.39, 0.29) is 12.1 Å². The molecule has 0 amide bonds. The molecule has 1 aliphatic heterocycles. The van der Waals surface area contributed by atoms with Crippen molar-refractivity contribution >= 4 is 0 Å². The summed E-state index contributed by atoms with van der Waals surface area (Å²) in [5.41, 5.74) is 5.63. The second-order valence-corrected chi connectivity index (χ2v) is 4.47. The van der Waals surface area contributed by atoms with E-state index in [4.69, 9.17) is 9.57 Å². The first-order chi connectivity index (χ1) is 8.30. The molecule has 0 radical (unpaired) electrons. The van der Waals surface area contributed by atoms with E-state index in [1.165, 1.54) is 11.1 Å². The van der Waals surface area contributed by atoms with Crippen LogP contribution < -0.4 is 10.2 Å². The first-order valence-electron chi connectivity index (χ1n) is 6.38. The van der Waals surface area contributed by atoms with Crippen molar-refractivity contribution in [1.82, 2.24) is 5.48 Å². The van der Waals surface area contributed by atoms with Gasteiger partial charge in [-0.1, -0.05) is 32.4 Å². The SMILES string of the molecule is CCCC1Oc2ccc(CC)cc2C1NOC. The van der Waals surface area contributed by atoms with Crippen molar-refractivity contribution in [2.24, 2.45) is 0 Å². The van der Waals surface area contributed by atoms with Gasteiger partial charge in [0.05, 0.1) is 13.2 Å². The summed E-state index contributed by atoms with van der Waals surface area (Å²) in [6, 6.07) is 6.59. The van der Waals surface area contributed by atoms with Gasteiger partial charge in [0, 0.05) is 5.56 Å². The maximum atomic E-state index is 5.97. The highest BCUT2D eigenvalue weighted by molar-refractivity contribution is 5.43.